The van der Waals surface area contributed by atoms with Crippen LogP contribution in [0.5, 0.6) is 0 Å². The molecule has 1 aliphatic heterocycles. The molecule has 7 nitrogen and oxygen atoms in total. The van der Waals surface area contributed by atoms with Gasteiger partial charge >= 0.3 is 5.97 Å². The molecule has 2 N–H and O–H groups in total. The van der Waals surface area contributed by atoms with E-state index < -0.39 is 5.97 Å². The molecule has 112 valence electrons. The van der Waals surface area contributed by atoms with Gasteiger partial charge < -0.3 is 15.2 Å². The topological polar surface area (TPSA) is 82.6 Å². The number of likely N-dealkylation sites (N-methyl/N-ethyl adjacent to an activating group) is 1. The van der Waals surface area contributed by atoms with Crippen molar-refractivity contribution >= 4 is 11.7 Å². The molecule has 1 aromatic heterocycles. The summed E-state index contributed by atoms with van der Waals surface area (Å²) >= 11 is 0. The summed E-state index contributed by atoms with van der Waals surface area (Å²) in [4.78, 5) is 14.3. The lowest BCUT2D eigenvalue weighted by atomic mass is 10.3. The number of nitrogens with two attached hydrogens (primary N) is 1. The van der Waals surface area contributed by atoms with Gasteiger partial charge in [-0.05, 0) is 13.5 Å². The fourth-order valence-corrected chi connectivity index (χ4v) is 2.32. The van der Waals surface area contributed by atoms with E-state index in [-0.39, 0.29) is 12.7 Å². The Morgan fingerprint density at radius 1 is 1.60 bits per heavy atom. The van der Waals surface area contributed by atoms with Crippen LogP contribution in [0.1, 0.15) is 23.1 Å². The van der Waals surface area contributed by atoms with Gasteiger partial charge in [0.2, 0.25) is 0 Å². The van der Waals surface area contributed by atoms with Crippen LogP contribution in [0.25, 0.3) is 0 Å². The van der Waals surface area contributed by atoms with E-state index in [1.165, 1.54) is 4.68 Å². The maximum absolute atomic E-state index is 12.1. The number of ether oxygens (including phenoxy) is 2. The molecule has 0 spiro atoms. The predicted octanol–water partition coefficient (Wildman–Crippen LogP) is 0.188. The number of carbonyl (C=O) groups excluding carboxylic acids is 1. The Labute approximate surface area is 118 Å². The number of aryl methyl sites for hydroxylation is 2. The number of nitrogen functional groups attached to an aromatic ring is 1. The van der Waals surface area contributed by atoms with E-state index in [2.05, 4.69) is 16.9 Å². The quantitative estimate of drug-likeness (QED) is 0.794. The van der Waals surface area contributed by atoms with E-state index in [0.717, 1.165) is 19.6 Å². The molecule has 20 heavy (non-hydrogen) atoms. The molecule has 1 aromatic rings. The zero-order chi connectivity index (χ0) is 14.7. The Morgan fingerprint density at radius 2 is 2.35 bits per heavy atom. The fraction of sp³-hybridized carbons (Fsp3) is 0.692. The van der Waals surface area contributed by atoms with Crippen LogP contribution in [0.15, 0.2) is 0 Å². The van der Waals surface area contributed by atoms with Crippen LogP contribution >= 0.6 is 0 Å². The van der Waals surface area contributed by atoms with Crippen LogP contribution in [0, 0.1) is 6.92 Å². The number of carbonyl (C=O) groups is 1. The van der Waals surface area contributed by atoms with Crippen molar-refractivity contribution in [3.8, 4) is 0 Å². The van der Waals surface area contributed by atoms with Crippen molar-refractivity contribution in [2.45, 2.75) is 20.0 Å². The van der Waals surface area contributed by atoms with Crippen LogP contribution in [0.2, 0.25) is 0 Å². The smallest absolute Gasteiger partial charge is 0.358 e. The molecule has 7 heteroatoms. The zero-order valence-corrected chi connectivity index (χ0v) is 12.3. The van der Waals surface area contributed by atoms with Gasteiger partial charge in [0.1, 0.15) is 12.7 Å². The number of morpholine rings is 1. The minimum Gasteiger partial charge on any atom is -0.458 e. The molecule has 0 aliphatic carbocycles. The SMILES string of the molecule is CCN1CCOC(COC(=O)c2c(N)c(C)nn2C)C1. The van der Waals surface area contributed by atoms with Gasteiger partial charge in [0.25, 0.3) is 0 Å². The second kappa shape index (κ2) is 6.23. The number of nitrogens with zero attached hydrogens (tertiary/aromatic N) is 3. The van der Waals surface area contributed by atoms with Crippen molar-refractivity contribution < 1.29 is 14.3 Å². The monoisotopic (exact) mass is 282 g/mol. The Balaban J connectivity index is 1.92. The molecule has 1 saturated heterocycles. The Hall–Kier alpha value is -1.60. The van der Waals surface area contributed by atoms with Gasteiger partial charge in [0, 0.05) is 20.1 Å². The summed E-state index contributed by atoms with van der Waals surface area (Å²) in [7, 11) is 1.68. The average molecular weight is 282 g/mol. The first-order chi connectivity index (χ1) is 9.52. The first kappa shape index (κ1) is 14.8. The minimum atomic E-state index is -0.456. The molecule has 0 saturated carbocycles. The summed E-state index contributed by atoms with van der Waals surface area (Å²) in [5, 5.41) is 4.10. The lowest BCUT2D eigenvalue weighted by Crippen LogP contribution is -2.44. The highest BCUT2D eigenvalue weighted by Gasteiger charge is 2.24. The van der Waals surface area contributed by atoms with E-state index in [9.17, 15) is 4.79 Å². The molecule has 0 bridgehead atoms. The average Bonchev–Trinajstić information content (AvgIpc) is 2.70. The van der Waals surface area contributed by atoms with E-state index in [1.807, 2.05) is 0 Å². The number of hydrogen-bond donors (Lipinski definition) is 1. The highest BCUT2D eigenvalue weighted by Crippen LogP contribution is 2.16. The van der Waals surface area contributed by atoms with Gasteiger partial charge in [0.05, 0.1) is 18.0 Å². The third-order valence-electron chi connectivity index (χ3n) is 3.53. The Bertz CT molecular complexity index is 486. The van der Waals surface area contributed by atoms with Gasteiger partial charge in [-0.2, -0.15) is 5.10 Å². The van der Waals surface area contributed by atoms with Crippen molar-refractivity contribution in [3.05, 3.63) is 11.4 Å². The minimum absolute atomic E-state index is 0.0804. The van der Waals surface area contributed by atoms with Crippen LogP contribution < -0.4 is 5.73 Å². The molecule has 0 amide bonds. The van der Waals surface area contributed by atoms with Crippen molar-refractivity contribution in [3.63, 3.8) is 0 Å². The number of anilines is 1. The molecular weight excluding hydrogens is 260 g/mol. The van der Waals surface area contributed by atoms with Crippen molar-refractivity contribution in [1.82, 2.24) is 14.7 Å². The number of esters is 1. The Kier molecular flexibility index (Phi) is 4.61. The van der Waals surface area contributed by atoms with Gasteiger partial charge in [-0.1, -0.05) is 6.92 Å². The number of rotatable bonds is 4. The maximum Gasteiger partial charge on any atom is 0.358 e. The van der Waals surface area contributed by atoms with Gasteiger partial charge in [-0.25, -0.2) is 4.79 Å². The summed E-state index contributed by atoms with van der Waals surface area (Å²) in [5.41, 5.74) is 7.13. The summed E-state index contributed by atoms with van der Waals surface area (Å²) in [6.07, 6.45) is -0.0804. The molecule has 1 atom stereocenters. The highest BCUT2D eigenvalue weighted by atomic mass is 16.6. The molecule has 1 unspecified atom stereocenters. The lowest BCUT2D eigenvalue weighted by molar-refractivity contribution is -0.0580. The summed E-state index contributed by atoms with van der Waals surface area (Å²) in [6.45, 7) is 7.45. The normalized spacial score (nSPS) is 20.1. The largest absolute Gasteiger partial charge is 0.458 e. The molecule has 1 fully saturated rings. The zero-order valence-electron chi connectivity index (χ0n) is 12.3. The second-order valence-corrected chi connectivity index (χ2v) is 4.96. The summed E-state index contributed by atoms with van der Waals surface area (Å²) < 4.78 is 12.3. The first-order valence-electron chi connectivity index (χ1n) is 6.83. The fourth-order valence-electron chi connectivity index (χ4n) is 2.32. The number of hydrogen-bond acceptors (Lipinski definition) is 6. The molecule has 0 radical (unpaired) electrons. The van der Waals surface area contributed by atoms with E-state index in [4.69, 9.17) is 15.2 Å². The molecule has 0 aromatic carbocycles. The molecule has 2 rings (SSSR count). The summed E-state index contributed by atoms with van der Waals surface area (Å²) in [6, 6.07) is 0. The molecular formula is C13H22N4O3. The Morgan fingerprint density at radius 3 is 2.95 bits per heavy atom. The van der Waals surface area contributed by atoms with Crippen LogP contribution in [-0.4, -0.2) is 59.6 Å². The molecule has 1 aliphatic rings. The van der Waals surface area contributed by atoms with Crippen LogP contribution in [0.3, 0.4) is 0 Å². The van der Waals surface area contributed by atoms with Crippen molar-refractivity contribution in [1.29, 1.82) is 0 Å². The second-order valence-electron chi connectivity index (χ2n) is 4.96. The van der Waals surface area contributed by atoms with E-state index >= 15 is 0 Å². The predicted molar refractivity (Wildman–Crippen MR) is 74.5 cm³/mol. The third kappa shape index (κ3) is 3.10. The summed E-state index contributed by atoms with van der Waals surface area (Å²) in [5.74, 6) is -0.456. The van der Waals surface area contributed by atoms with Crippen molar-refractivity contribution in [2.75, 3.05) is 38.6 Å². The first-order valence-corrected chi connectivity index (χ1v) is 6.83. The molecule has 2 heterocycles. The van der Waals surface area contributed by atoms with Gasteiger partial charge in [-0.15, -0.1) is 0 Å². The van der Waals surface area contributed by atoms with Gasteiger partial charge in [0.15, 0.2) is 5.69 Å². The lowest BCUT2D eigenvalue weighted by Gasteiger charge is -2.31. The van der Waals surface area contributed by atoms with E-state index in [1.54, 1.807) is 14.0 Å². The maximum atomic E-state index is 12.1. The highest BCUT2D eigenvalue weighted by molar-refractivity contribution is 5.93. The van der Waals surface area contributed by atoms with Crippen LogP contribution in [0.4, 0.5) is 5.69 Å². The van der Waals surface area contributed by atoms with Crippen molar-refractivity contribution in [2.24, 2.45) is 7.05 Å². The van der Waals surface area contributed by atoms with E-state index in [0.29, 0.717) is 23.7 Å². The van der Waals surface area contributed by atoms with Gasteiger partial charge in [-0.3, -0.25) is 9.58 Å². The van der Waals surface area contributed by atoms with Crippen LogP contribution in [-0.2, 0) is 16.5 Å². The third-order valence-corrected chi connectivity index (χ3v) is 3.53. The standard InChI is InChI=1S/C13H22N4O3/c1-4-17-5-6-19-10(7-17)8-20-13(18)12-11(14)9(2)15-16(12)3/h10H,4-8,14H2,1-3H3. The number of aromatic nitrogens is 2.